The lowest BCUT2D eigenvalue weighted by Crippen LogP contribution is -2.29. The topological polar surface area (TPSA) is 67.8 Å². The van der Waals surface area contributed by atoms with Crippen LogP contribution < -0.4 is 5.32 Å². The standard InChI is InChI=1S/C11H19NO4/c1-12-11(14)16-10-6-5-9(15-2)4-3-8(13)7-10/h5-6,8-10,13H,3-4,7H2,1-2H3,(H,12,14)/b6-5+. The van der Waals surface area contributed by atoms with Crippen molar-refractivity contribution in [1.82, 2.24) is 5.32 Å². The Bertz CT molecular complexity index is 254. The van der Waals surface area contributed by atoms with E-state index in [2.05, 4.69) is 5.32 Å². The number of aliphatic hydroxyl groups is 1. The van der Waals surface area contributed by atoms with E-state index in [1.54, 1.807) is 13.2 Å². The summed E-state index contributed by atoms with van der Waals surface area (Å²) in [6.07, 6.45) is 4.13. The largest absolute Gasteiger partial charge is 0.442 e. The summed E-state index contributed by atoms with van der Waals surface area (Å²) in [7, 11) is 3.13. The van der Waals surface area contributed by atoms with E-state index in [0.29, 0.717) is 12.8 Å². The molecule has 1 aliphatic carbocycles. The maximum absolute atomic E-state index is 11.1. The monoisotopic (exact) mass is 229 g/mol. The predicted octanol–water partition coefficient (Wildman–Crippen LogP) is 0.827. The molecule has 0 saturated carbocycles. The summed E-state index contributed by atoms with van der Waals surface area (Å²) in [4.78, 5) is 11.1. The van der Waals surface area contributed by atoms with E-state index in [9.17, 15) is 9.90 Å². The maximum atomic E-state index is 11.1. The number of hydrogen-bond acceptors (Lipinski definition) is 4. The van der Waals surface area contributed by atoms with Crippen molar-refractivity contribution in [3.63, 3.8) is 0 Å². The number of alkyl carbamates (subject to hydrolysis) is 1. The van der Waals surface area contributed by atoms with Gasteiger partial charge in [-0.1, -0.05) is 6.08 Å². The third kappa shape index (κ3) is 4.20. The molecule has 0 fully saturated rings. The van der Waals surface area contributed by atoms with Gasteiger partial charge in [0.1, 0.15) is 6.10 Å². The minimum Gasteiger partial charge on any atom is -0.442 e. The number of aliphatic hydroxyl groups excluding tert-OH is 1. The van der Waals surface area contributed by atoms with Gasteiger partial charge in [0.15, 0.2) is 0 Å². The average Bonchev–Trinajstić information content (AvgIpc) is 2.26. The zero-order valence-electron chi connectivity index (χ0n) is 9.68. The summed E-state index contributed by atoms with van der Waals surface area (Å²) in [6, 6.07) is 0. The number of methoxy groups -OCH3 is 1. The van der Waals surface area contributed by atoms with Crippen LogP contribution >= 0.6 is 0 Å². The van der Waals surface area contributed by atoms with E-state index in [4.69, 9.17) is 9.47 Å². The molecule has 1 rings (SSSR count). The van der Waals surface area contributed by atoms with Crippen molar-refractivity contribution < 1.29 is 19.4 Å². The van der Waals surface area contributed by atoms with E-state index in [-0.39, 0.29) is 6.10 Å². The molecule has 5 nitrogen and oxygen atoms in total. The highest BCUT2D eigenvalue weighted by Crippen LogP contribution is 2.17. The van der Waals surface area contributed by atoms with Crippen LogP contribution in [0.1, 0.15) is 19.3 Å². The minimum absolute atomic E-state index is 0.0225. The van der Waals surface area contributed by atoms with E-state index in [1.807, 2.05) is 6.08 Å². The molecule has 1 aliphatic rings. The van der Waals surface area contributed by atoms with Gasteiger partial charge in [-0.2, -0.15) is 0 Å². The number of ether oxygens (including phenoxy) is 2. The highest BCUT2D eigenvalue weighted by Gasteiger charge is 2.20. The van der Waals surface area contributed by atoms with Gasteiger partial charge in [-0.25, -0.2) is 4.79 Å². The summed E-state index contributed by atoms with van der Waals surface area (Å²) < 4.78 is 10.3. The van der Waals surface area contributed by atoms with Gasteiger partial charge in [0.05, 0.1) is 12.2 Å². The van der Waals surface area contributed by atoms with Gasteiger partial charge in [0.2, 0.25) is 0 Å². The zero-order valence-corrected chi connectivity index (χ0v) is 9.68. The zero-order chi connectivity index (χ0) is 12.0. The fourth-order valence-corrected chi connectivity index (χ4v) is 1.65. The van der Waals surface area contributed by atoms with Crippen molar-refractivity contribution >= 4 is 6.09 Å². The quantitative estimate of drug-likeness (QED) is 0.688. The van der Waals surface area contributed by atoms with Crippen LogP contribution in [0.5, 0.6) is 0 Å². The van der Waals surface area contributed by atoms with E-state index >= 15 is 0 Å². The van der Waals surface area contributed by atoms with Gasteiger partial charge in [0, 0.05) is 20.6 Å². The Hall–Kier alpha value is -1.07. The van der Waals surface area contributed by atoms with E-state index in [1.165, 1.54) is 7.05 Å². The summed E-state index contributed by atoms with van der Waals surface area (Å²) in [5.41, 5.74) is 0. The van der Waals surface area contributed by atoms with Gasteiger partial charge in [0.25, 0.3) is 0 Å². The lowest BCUT2D eigenvalue weighted by atomic mass is 10.00. The Morgan fingerprint density at radius 2 is 2.06 bits per heavy atom. The van der Waals surface area contributed by atoms with Crippen LogP contribution in [0.4, 0.5) is 4.79 Å². The van der Waals surface area contributed by atoms with Crippen LogP contribution in [0.25, 0.3) is 0 Å². The molecule has 0 heterocycles. The molecule has 3 atom stereocenters. The van der Waals surface area contributed by atoms with E-state index < -0.39 is 18.3 Å². The highest BCUT2D eigenvalue weighted by atomic mass is 16.6. The molecule has 92 valence electrons. The molecule has 0 aromatic heterocycles. The number of rotatable bonds is 2. The van der Waals surface area contributed by atoms with Crippen molar-refractivity contribution in [2.75, 3.05) is 14.2 Å². The highest BCUT2D eigenvalue weighted by molar-refractivity contribution is 5.67. The SMILES string of the molecule is CNC(=O)OC1/C=C/C(OC)CCC(O)C1. The molecule has 0 radical (unpaired) electrons. The first kappa shape index (κ1) is 13.0. The summed E-state index contributed by atoms with van der Waals surface area (Å²) in [6.45, 7) is 0. The third-order valence-electron chi connectivity index (χ3n) is 2.59. The van der Waals surface area contributed by atoms with Gasteiger partial charge < -0.3 is 19.9 Å². The average molecular weight is 229 g/mol. The number of carbonyl (C=O) groups excluding carboxylic acids is 1. The summed E-state index contributed by atoms with van der Waals surface area (Å²) >= 11 is 0. The van der Waals surface area contributed by atoms with Gasteiger partial charge in [-0.15, -0.1) is 0 Å². The van der Waals surface area contributed by atoms with Crippen LogP contribution in [0.15, 0.2) is 12.2 Å². The number of amides is 1. The second kappa shape index (κ2) is 6.50. The Balaban J connectivity index is 2.59. The molecule has 5 heteroatoms. The smallest absolute Gasteiger partial charge is 0.407 e. The Morgan fingerprint density at radius 1 is 1.38 bits per heavy atom. The van der Waals surface area contributed by atoms with Gasteiger partial charge in [-0.3, -0.25) is 0 Å². The van der Waals surface area contributed by atoms with Crippen molar-refractivity contribution in [3.8, 4) is 0 Å². The van der Waals surface area contributed by atoms with Crippen LogP contribution in [0.2, 0.25) is 0 Å². The normalized spacial score (nSPS) is 32.3. The minimum atomic E-state index is -0.489. The first-order valence-electron chi connectivity index (χ1n) is 5.43. The molecule has 2 N–H and O–H groups in total. The maximum Gasteiger partial charge on any atom is 0.407 e. The molecule has 1 amide bonds. The van der Waals surface area contributed by atoms with Crippen LogP contribution in [-0.4, -0.2) is 43.7 Å². The van der Waals surface area contributed by atoms with Crippen molar-refractivity contribution in [3.05, 3.63) is 12.2 Å². The number of carbonyl (C=O) groups is 1. The molecule has 0 saturated heterocycles. The molecule has 3 unspecified atom stereocenters. The Labute approximate surface area is 95.4 Å². The molecular weight excluding hydrogens is 210 g/mol. The third-order valence-corrected chi connectivity index (χ3v) is 2.59. The van der Waals surface area contributed by atoms with Crippen LogP contribution in [0.3, 0.4) is 0 Å². The fourth-order valence-electron chi connectivity index (χ4n) is 1.65. The molecule has 0 aromatic rings. The van der Waals surface area contributed by atoms with Crippen molar-refractivity contribution in [2.24, 2.45) is 0 Å². The van der Waals surface area contributed by atoms with E-state index in [0.717, 1.165) is 6.42 Å². The lowest BCUT2D eigenvalue weighted by Gasteiger charge is -2.22. The van der Waals surface area contributed by atoms with Crippen molar-refractivity contribution in [1.29, 1.82) is 0 Å². The molecule has 0 spiro atoms. The van der Waals surface area contributed by atoms with Crippen LogP contribution in [-0.2, 0) is 9.47 Å². The fraction of sp³-hybridized carbons (Fsp3) is 0.727. The second-order valence-corrected chi connectivity index (χ2v) is 3.82. The molecule has 0 aromatic carbocycles. The van der Waals surface area contributed by atoms with Crippen LogP contribution in [0, 0.1) is 0 Å². The molecule has 0 aliphatic heterocycles. The van der Waals surface area contributed by atoms with Gasteiger partial charge in [-0.05, 0) is 18.9 Å². The Morgan fingerprint density at radius 3 is 2.69 bits per heavy atom. The lowest BCUT2D eigenvalue weighted by molar-refractivity contribution is 0.0530. The first-order valence-corrected chi connectivity index (χ1v) is 5.43. The first-order chi connectivity index (χ1) is 7.65. The Kier molecular flexibility index (Phi) is 5.28. The number of hydrogen-bond donors (Lipinski definition) is 2. The van der Waals surface area contributed by atoms with Crippen molar-refractivity contribution in [2.45, 2.75) is 37.6 Å². The summed E-state index contributed by atoms with van der Waals surface area (Å²) in [5, 5.41) is 12.1. The second-order valence-electron chi connectivity index (χ2n) is 3.82. The summed E-state index contributed by atoms with van der Waals surface area (Å²) in [5.74, 6) is 0. The number of nitrogens with one attached hydrogen (secondary N) is 1. The van der Waals surface area contributed by atoms with Gasteiger partial charge >= 0.3 is 6.09 Å². The molecule has 0 bridgehead atoms. The molecular formula is C11H19NO4. The predicted molar refractivity (Wildman–Crippen MR) is 59.1 cm³/mol. The molecule has 16 heavy (non-hydrogen) atoms.